The highest BCUT2D eigenvalue weighted by Gasteiger charge is 2.14. The van der Waals surface area contributed by atoms with E-state index in [0.29, 0.717) is 6.16 Å². The molecule has 0 aliphatic heterocycles. The summed E-state index contributed by atoms with van der Waals surface area (Å²) in [5.41, 5.74) is 2.06. The van der Waals surface area contributed by atoms with Gasteiger partial charge in [0, 0.05) is 19.9 Å². The minimum absolute atomic E-state index is 0.467. The van der Waals surface area contributed by atoms with E-state index in [2.05, 4.69) is 0 Å². The van der Waals surface area contributed by atoms with Gasteiger partial charge in [-0.2, -0.15) is 0 Å². The van der Waals surface area contributed by atoms with Gasteiger partial charge in [-0.15, -0.1) is 0 Å². The molecule has 1 atom stereocenters. The average Bonchev–Trinajstić information content (AvgIpc) is 2.17. The third-order valence-electron chi connectivity index (χ3n) is 2.32. The molecule has 1 rings (SSSR count). The summed E-state index contributed by atoms with van der Waals surface area (Å²) < 4.78 is 21.9. The predicted octanol–water partition coefficient (Wildman–Crippen LogP) is 3.06. The molecule has 0 amide bonds. The van der Waals surface area contributed by atoms with E-state index in [1.54, 1.807) is 13.8 Å². The molecule has 0 saturated heterocycles. The first-order valence-electron chi connectivity index (χ1n) is 4.74. The van der Waals surface area contributed by atoms with E-state index in [-0.39, 0.29) is 0 Å². The van der Waals surface area contributed by atoms with E-state index in [0.717, 1.165) is 16.9 Å². The largest absolute Gasteiger partial charge is 0.496 e. The predicted molar refractivity (Wildman–Crippen MR) is 62.0 cm³/mol. The van der Waals surface area contributed by atoms with Crippen molar-refractivity contribution >= 4 is 7.37 Å². The number of hydrogen-bond donors (Lipinski definition) is 0. The van der Waals surface area contributed by atoms with Crippen molar-refractivity contribution in [1.29, 1.82) is 0 Å². The zero-order chi connectivity index (χ0) is 11.5. The highest BCUT2D eigenvalue weighted by Crippen LogP contribution is 2.45. The fraction of sp³-hybridized carbons (Fsp3) is 0.455. The van der Waals surface area contributed by atoms with E-state index >= 15 is 0 Å². The second kappa shape index (κ2) is 4.82. The van der Waals surface area contributed by atoms with Crippen LogP contribution in [0.15, 0.2) is 18.2 Å². The van der Waals surface area contributed by atoms with Crippen LogP contribution in [0.4, 0.5) is 0 Å². The summed E-state index contributed by atoms with van der Waals surface area (Å²) in [6.45, 7) is 3.61. The maximum atomic E-state index is 11.8. The Hall–Kier alpha value is -0.790. The molecule has 0 aromatic heterocycles. The van der Waals surface area contributed by atoms with Crippen LogP contribution in [-0.2, 0) is 15.3 Å². The molecule has 0 heterocycles. The Morgan fingerprint density at radius 2 is 2.00 bits per heavy atom. The standard InChI is InChI=1S/C11H17O3P/c1-9-7-10(5-6-11(9)13-2)8-15(4,12)14-3/h5-7H,8H2,1-4H3. The van der Waals surface area contributed by atoms with Crippen LogP contribution in [0.5, 0.6) is 5.75 Å². The molecular weight excluding hydrogens is 211 g/mol. The molecular formula is C11H17O3P. The maximum Gasteiger partial charge on any atom is 0.204 e. The van der Waals surface area contributed by atoms with Gasteiger partial charge in [0.05, 0.1) is 7.11 Å². The highest BCUT2D eigenvalue weighted by atomic mass is 31.2. The van der Waals surface area contributed by atoms with Gasteiger partial charge in [-0.05, 0) is 24.1 Å². The summed E-state index contributed by atoms with van der Waals surface area (Å²) in [6, 6.07) is 5.79. The lowest BCUT2D eigenvalue weighted by atomic mass is 10.1. The number of benzene rings is 1. The van der Waals surface area contributed by atoms with Crippen molar-refractivity contribution in [2.75, 3.05) is 20.9 Å². The van der Waals surface area contributed by atoms with Crippen LogP contribution in [-0.4, -0.2) is 20.9 Å². The van der Waals surface area contributed by atoms with Crippen LogP contribution in [0.3, 0.4) is 0 Å². The van der Waals surface area contributed by atoms with Crippen LogP contribution in [0, 0.1) is 6.92 Å². The SMILES string of the molecule is COc1ccc(CP(C)(=O)OC)cc1C. The third kappa shape index (κ3) is 3.37. The molecule has 15 heavy (non-hydrogen) atoms. The average molecular weight is 228 g/mol. The molecule has 0 aliphatic carbocycles. The maximum absolute atomic E-state index is 11.8. The Labute approximate surface area is 90.9 Å². The molecule has 0 aliphatic rings. The van der Waals surface area contributed by atoms with Crippen molar-refractivity contribution in [3.63, 3.8) is 0 Å². The van der Waals surface area contributed by atoms with Gasteiger partial charge >= 0.3 is 0 Å². The normalized spacial score (nSPS) is 14.7. The lowest BCUT2D eigenvalue weighted by molar-refractivity contribution is 0.397. The van der Waals surface area contributed by atoms with Crippen LogP contribution >= 0.6 is 7.37 Å². The van der Waals surface area contributed by atoms with Gasteiger partial charge in [-0.25, -0.2) is 0 Å². The van der Waals surface area contributed by atoms with Gasteiger partial charge in [-0.3, -0.25) is 4.57 Å². The number of hydrogen-bond acceptors (Lipinski definition) is 3. The smallest absolute Gasteiger partial charge is 0.204 e. The van der Waals surface area contributed by atoms with Crippen molar-refractivity contribution in [2.24, 2.45) is 0 Å². The first kappa shape index (κ1) is 12.3. The molecule has 0 saturated carbocycles. The van der Waals surface area contributed by atoms with Crippen molar-refractivity contribution in [1.82, 2.24) is 0 Å². The molecule has 84 valence electrons. The molecule has 1 unspecified atom stereocenters. The fourth-order valence-corrected chi connectivity index (χ4v) is 2.42. The van der Waals surface area contributed by atoms with Crippen molar-refractivity contribution in [3.8, 4) is 5.75 Å². The third-order valence-corrected chi connectivity index (χ3v) is 4.03. The molecule has 0 radical (unpaired) electrons. The molecule has 0 N–H and O–H groups in total. The molecule has 0 fully saturated rings. The van der Waals surface area contributed by atoms with Crippen molar-refractivity contribution < 1.29 is 13.8 Å². The Kier molecular flexibility index (Phi) is 3.95. The Morgan fingerprint density at radius 1 is 1.33 bits per heavy atom. The second-order valence-electron chi connectivity index (χ2n) is 3.66. The van der Waals surface area contributed by atoms with Gasteiger partial charge in [-0.1, -0.05) is 12.1 Å². The van der Waals surface area contributed by atoms with Crippen LogP contribution < -0.4 is 4.74 Å². The lowest BCUT2D eigenvalue weighted by Crippen LogP contribution is -1.92. The molecule has 1 aromatic carbocycles. The number of rotatable bonds is 4. The summed E-state index contributed by atoms with van der Waals surface area (Å²) in [6.07, 6.45) is 0.467. The van der Waals surface area contributed by atoms with Crippen LogP contribution in [0.1, 0.15) is 11.1 Å². The van der Waals surface area contributed by atoms with Crippen molar-refractivity contribution in [3.05, 3.63) is 29.3 Å². The highest BCUT2D eigenvalue weighted by molar-refractivity contribution is 7.57. The molecule has 4 heteroatoms. The first-order valence-corrected chi connectivity index (χ1v) is 7.00. The Bertz CT molecular complexity index is 387. The van der Waals surface area contributed by atoms with Crippen LogP contribution in [0.2, 0.25) is 0 Å². The minimum Gasteiger partial charge on any atom is -0.496 e. The van der Waals surface area contributed by atoms with Gasteiger partial charge < -0.3 is 9.26 Å². The fourth-order valence-electron chi connectivity index (χ4n) is 1.44. The van der Waals surface area contributed by atoms with Gasteiger partial charge in [0.15, 0.2) is 0 Å². The lowest BCUT2D eigenvalue weighted by Gasteiger charge is -2.12. The van der Waals surface area contributed by atoms with E-state index in [1.165, 1.54) is 7.11 Å². The molecule has 3 nitrogen and oxygen atoms in total. The monoisotopic (exact) mass is 228 g/mol. The van der Waals surface area contributed by atoms with Gasteiger partial charge in [0.2, 0.25) is 7.37 Å². The van der Waals surface area contributed by atoms with Crippen molar-refractivity contribution in [2.45, 2.75) is 13.1 Å². The molecule has 0 bridgehead atoms. The minimum atomic E-state index is -2.48. The summed E-state index contributed by atoms with van der Waals surface area (Å²) in [5.74, 6) is 0.849. The van der Waals surface area contributed by atoms with E-state index in [1.807, 2.05) is 25.1 Å². The molecule has 1 aromatic rings. The summed E-state index contributed by atoms with van der Waals surface area (Å²) in [5, 5.41) is 0. The van der Waals surface area contributed by atoms with E-state index in [9.17, 15) is 4.57 Å². The number of ether oxygens (including phenoxy) is 1. The number of methoxy groups -OCH3 is 1. The summed E-state index contributed by atoms with van der Waals surface area (Å²) in [7, 11) is 0.644. The number of aryl methyl sites for hydroxylation is 1. The van der Waals surface area contributed by atoms with E-state index in [4.69, 9.17) is 9.26 Å². The van der Waals surface area contributed by atoms with Gasteiger partial charge in [0.25, 0.3) is 0 Å². The zero-order valence-electron chi connectivity index (χ0n) is 9.61. The second-order valence-corrected chi connectivity index (χ2v) is 6.37. The summed E-state index contributed by atoms with van der Waals surface area (Å²) in [4.78, 5) is 0. The topological polar surface area (TPSA) is 35.5 Å². The first-order chi connectivity index (χ1) is 6.98. The quantitative estimate of drug-likeness (QED) is 0.743. The van der Waals surface area contributed by atoms with Gasteiger partial charge in [0.1, 0.15) is 5.75 Å². The Morgan fingerprint density at radius 3 is 2.47 bits per heavy atom. The summed E-state index contributed by atoms with van der Waals surface area (Å²) >= 11 is 0. The molecule has 0 spiro atoms. The Balaban J connectivity index is 2.89. The van der Waals surface area contributed by atoms with Crippen LogP contribution in [0.25, 0.3) is 0 Å². The van der Waals surface area contributed by atoms with E-state index < -0.39 is 7.37 Å². The zero-order valence-corrected chi connectivity index (χ0v) is 10.5.